The summed E-state index contributed by atoms with van der Waals surface area (Å²) < 4.78 is 5.78. The molecule has 1 N–H and O–H groups in total. The summed E-state index contributed by atoms with van der Waals surface area (Å²) in [5, 5.41) is 3.42. The van der Waals surface area contributed by atoms with Crippen LogP contribution in [-0.2, 0) is 4.74 Å². The molecule has 5 rings (SSSR count). The quantitative estimate of drug-likeness (QED) is 0.787. The second kappa shape index (κ2) is 7.04. The molecule has 4 atom stereocenters. The van der Waals surface area contributed by atoms with Gasteiger partial charge >= 0.3 is 6.03 Å². The van der Waals surface area contributed by atoms with Gasteiger partial charge in [-0.2, -0.15) is 0 Å². The normalized spacial score (nSPS) is 27.5. The topological polar surface area (TPSA) is 76.6 Å². The molecule has 3 aliphatic heterocycles. The molecule has 0 spiro atoms. The van der Waals surface area contributed by atoms with Crippen LogP contribution in [0, 0.1) is 0 Å². The van der Waals surface area contributed by atoms with Gasteiger partial charge in [0.1, 0.15) is 18.3 Å². The summed E-state index contributed by atoms with van der Waals surface area (Å²) in [6, 6.07) is 14.2. The number of aliphatic imine (C=N–C) groups is 1. The fourth-order valence-electron chi connectivity index (χ4n) is 4.14. The number of ether oxygens (including phenoxy) is 1. The standard InChI is InChI=1S/C21H24N6O2/c1-25-19-17(18-20(29-18)26(2)21(25)28)27(13-24-19)11-10-22-15-8-9-16(23-12-15)14-6-4-3-5-7-14/h3-9,12-13,17-20,22H,10-11H2,1-2H3. The highest BCUT2D eigenvalue weighted by molar-refractivity contribution is 5.76. The van der Waals surface area contributed by atoms with Crippen molar-refractivity contribution in [2.45, 2.75) is 24.5 Å². The number of hydrogen-bond donors (Lipinski definition) is 1. The molecule has 29 heavy (non-hydrogen) atoms. The fourth-order valence-corrected chi connectivity index (χ4v) is 4.14. The van der Waals surface area contributed by atoms with E-state index < -0.39 is 0 Å². The van der Waals surface area contributed by atoms with Gasteiger partial charge in [-0.25, -0.2) is 9.79 Å². The van der Waals surface area contributed by atoms with E-state index in [0.717, 1.165) is 30.0 Å². The molecular weight excluding hydrogens is 368 g/mol. The Labute approximate surface area is 169 Å². The second-order valence-corrected chi connectivity index (χ2v) is 7.63. The van der Waals surface area contributed by atoms with Crippen molar-refractivity contribution >= 4 is 18.1 Å². The molecule has 0 aliphatic carbocycles. The molecule has 4 heterocycles. The number of carbonyl (C=O) groups excluding carboxylic acids is 1. The number of pyridine rings is 1. The highest BCUT2D eigenvalue weighted by atomic mass is 16.6. The zero-order chi connectivity index (χ0) is 20.0. The summed E-state index contributed by atoms with van der Waals surface area (Å²) in [6.07, 6.45) is 3.37. The molecule has 2 fully saturated rings. The van der Waals surface area contributed by atoms with Gasteiger partial charge in [-0.1, -0.05) is 30.3 Å². The van der Waals surface area contributed by atoms with Crippen molar-refractivity contribution < 1.29 is 9.53 Å². The molecule has 2 saturated heterocycles. The van der Waals surface area contributed by atoms with Crippen LogP contribution in [0.15, 0.2) is 53.7 Å². The summed E-state index contributed by atoms with van der Waals surface area (Å²) in [4.78, 5) is 27.1. The van der Waals surface area contributed by atoms with E-state index in [4.69, 9.17) is 4.74 Å². The number of carbonyl (C=O) groups is 1. The molecule has 1 aromatic carbocycles. The van der Waals surface area contributed by atoms with Crippen molar-refractivity contribution in [2.24, 2.45) is 4.99 Å². The van der Waals surface area contributed by atoms with E-state index in [1.165, 1.54) is 0 Å². The number of amides is 2. The number of urea groups is 1. The third-order valence-electron chi connectivity index (χ3n) is 5.81. The number of rotatable bonds is 5. The van der Waals surface area contributed by atoms with E-state index in [9.17, 15) is 4.79 Å². The van der Waals surface area contributed by atoms with E-state index in [2.05, 4.69) is 32.3 Å². The molecule has 150 valence electrons. The first-order valence-electron chi connectivity index (χ1n) is 9.83. The number of nitrogens with zero attached hydrogens (tertiary/aromatic N) is 5. The molecule has 4 unspecified atom stereocenters. The maximum Gasteiger partial charge on any atom is 0.323 e. The van der Waals surface area contributed by atoms with E-state index in [1.807, 2.05) is 42.9 Å². The Kier molecular flexibility index (Phi) is 4.35. The second-order valence-electron chi connectivity index (χ2n) is 7.63. The van der Waals surface area contributed by atoms with Crippen LogP contribution in [-0.4, -0.2) is 83.8 Å². The van der Waals surface area contributed by atoms with E-state index in [0.29, 0.717) is 0 Å². The minimum atomic E-state index is -0.200. The lowest BCUT2D eigenvalue weighted by Crippen LogP contribution is -2.49. The number of fused-ring (bicyclic) bond motifs is 3. The molecule has 0 saturated carbocycles. The number of aromatic nitrogens is 1. The maximum atomic E-state index is 12.4. The van der Waals surface area contributed by atoms with Gasteiger partial charge in [0, 0.05) is 32.7 Å². The lowest BCUT2D eigenvalue weighted by molar-refractivity contribution is 0.112. The van der Waals surface area contributed by atoms with Gasteiger partial charge in [0.05, 0.1) is 23.9 Å². The van der Waals surface area contributed by atoms with Gasteiger partial charge in [0.2, 0.25) is 0 Å². The van der Waals surface area contributed by atoms with E-state index in [-0.39, 0.29) is 30.6 Å². The number of hydrogen-bond acceptors (Lipinski definition) is 6. The van der Waals surface area contributed by atoms with Crippen molar-refractivity contribution in [3.05, 3.63) is 48.7 Å². The van der Waals surface area contributed by atoms with Gasteiger partial charge in [0.15, 0.2) is 6.23 Å². The lowest BCUT2D eigenvalue weighted by Gasteiger charge is -2.30. The van der Waals surface area contributed by atoms with Crippen molar-refractivity contribution in [3.63, 3.8) is 0 Å². The summed E-state index contributed by atoms with van der Waals surface area (Å²) >= 11 is 0. The first-order chi connectivity index (χ1) is 14.1. The Morgan fingerprint density at radius 1 is 1.10 bits per heavy atom. The third kappa shape index (κ3) is 3.19. The van der Waals surface area contributed by atoms with E-state index in [1.54, 1.807) is 23.9 Å². The highest BCUT2D eigenvalue weighted by Crippen LogP contribution is 2.38. The van der Waals surface area contributed by atoms with Gasteiger partial charge in [-0.15, -0.1) is 0 Å². The summed E-state index contributed by atoms with van der Waals surface area (Å²) in [7, 11) is 3.59. The van der Waals surface area contributed by atoms with Crippen LogP contribution in [0.3, 0.4) is 0 Å². The molecule has 8 nitrogen and oxygen atoms in total. The Morgan fingerprint density at radius 3 is 2.69 bits per heavy atom. The number of benzene rings is 1. The zero-order valence-electron chi connectivity index (χ0n) is 16.5. The molecule has 0 radical (unpaired) electrons. The van der Waals surface area contributed by atoms with E-state index >= 15 is 0 Å². The Bertz CT molecular complexity index is 919. The summed E-state index contributed by atoms with van der Waals surface area (Å²) in [5.41, 5.74) is 3.04. The molecule has 2 amide bonds. The molecule has 2 aromatic rings. The molecule has 1 aromatic heterocycles. The first kappa shape index (κ1) is 17.9. The van der Waals surface area contributed by atoms with Crippen LogP contribution in [0.2, 0.25) is 0 Å². The molecule has 8 heteroatoms. The maximum absolute atomic E-state index is 12.4. The average molecular weight is 392 g/mol. The largest absolute Gasteiger partial charge is 0.382 e. The van der Waals surface area contributed by atoms with Crippen molar-refractivity contribution in [1.29, 1.82) is 0 Å². The first-order valence-corrected chi connectivity index (χ1v) is 9.83. The third-order valence-corrected chi connectivity index (χ3v) is 5.81. The van der Waals surface area contributed by atoms with Crippen molar-refractivity contribution in [1.82, 2.24) is 19.7 Å². The lowest BCUT2D eigenvalue weighted by atomic mass is 10.1. The highest BCUT2D eigenvalue weighted by Gasteiger charge is 2.59. The number of anilines is 1. The Hall–Kier alpha value is -3.13. The number of epoxide rings is 1. The fraction of sp³-hybridized carbons (Fsp3) is 0.381. The number of likely N-dealkylation sites (N-methyl/N-ethyl adjacent to an activating group) is 2. The zero-order valence-corrected chi connectivity index (χ0v) is 16.5. The Balaban J connectivity index is 1.19. The monoisotopic (exact) mass is 392 g/mol. The molecular formula is C21H24N6O2. The van der Waals surface area contributed by atoms with Crippen LogP contribution in [0.4, 0.5) is 10.5 Å². The smallest absolute Gasteiger partial charge is 0.323 e. The van der Waals surface area contributed by atoms with Gasteiger partial charge in [-0.3, -0.25) is 9.88 Å². The van der Waals surface area contributed by atoms with Crippen LogP contribution < -0.4 is 5.32 Å². The summed E-state index contributed by atoms with van der Waals surface area (Å²) in [6.45, 7) is 1.51. The van der Waals surface area contributed by atoms with Gasteiger partial charge in [0.25, 0.3) is 0 Å². The minimum Gasteiger partial charge on any atom is -0.382 e. The van der Waals surface area contributed by atoms with Crippen LogP contribution in [0.25, 0.3) is 11.3 Å². The predicted molar refractivity (Wildman–Crippen MR) is 111 cm³/mol. The van der Waals surface area contributed by atoms with Crippen LogP contribution >= 0.6 is 0 Å². The Morgan fingerprint density at radius 2 is 1.93 bits per heavy atom. The van der Waals surface area contributed by atoms with Gasteiger partial charge < -0.3 is 19.9 Å². The van der Waals surface area contributed by atoms with Crippen molar-refractivity contribution in [2.75, 3.05) is 32.5 Å². The van der Waals surface area contributed by atoms with Crippen molar-refractivity contribution in [3.8, 4) is 11.3 Å². The van der Waals surface area contributed by atoms with Gasteiger partial charge in [-0.05, 0) is 12.1 Å². The number of nitrogens with one attached hydrogen (secondary N) is 1. The summed E-state index contributed by atoms with van der Waals surface area (Å²) in [5.74, 6) is 0. The average Bonchev–Trinajstić information content (AvgIpc) is 3.45. The minimum absolute atomic E-state index is 0.00761. The van der Waals surface area contributed by atoms with Crippen LogP contribution in [0.5, 0.6) is 0 Å². The predicted octanol–water partition coefficient (Wildman–Crippen LogP) is 1.92. The van der Waals surface area contributed by atoms with Crippen LogP contribution in [0.1, 0.15) is 0 Å². The molecule has 3 aliphatic rings. The SMILES string of the molecule is CN1C(=O)N(C)C2OC2C2C1N=CN2CCNc1ccc(-c2ccccc2)nc1. The molecule has 0 bridgehead atoms.